The predicted molar refractivity (Wildman–Crippen MR) is 78.3 cm³/mol. The number of carbonyl (C=O) groups is 1. The maximum atomic E-state index is 12.6. The number of nitrogens with two attached hydrogens (primary N) is 1. The second-order valence-corrected chi connectivity index (χ2v) is 5.38. The van der Waals surface area contributed by atoms with E-state index >= 15 is 0 Å². The summed E-state index contributed by atoms with van der Waals surface area (Å²) in [5.74, 6) is 0.585. The van der Waals surface area contributed by atoms with Crippen LogP contribution in [0.25, 0.3) is 0 Å². The first-order valence-corrected chi connectivity index (χ1v) is 7.17. The Morgan fingerprint density at radius 2 is 2.22 bits per heavy atom. The second-order valence-electron chi connectivity index (χ2n) is 4.60. The predicted octanol–water partition coefficient (Wildman–Crippen LogP) is 2.25. The Hall–Kier alpha value is -0.580. The van der Waals surface area contributed by atoms with Crippen LogP contribution >= 0.6 is 23.7 Å². The molecule has 0 aliphatic heterocycles. The van der Waals surface area contributed by atoms with E-state index in [1.807, 2.05) is 24.1 Å². The minimum absolute atomic E-state index is 0. The van der Waals surface area contributed by atoms with Gasteiger partial charge >= 0.3 is 0 Å². The number of thiophene rings is 1. The summed E-state index contributed by atoms with van der Waals surface area (Å²) < 4.78 is 0. The third-order valence-corrected chi connectivity index (χ3v) is 4.54. The van der Waals surface area contributed by atoms with Crippen molar-refractivity contribution in [3.8, 4) is 0 Å². The molecule has 0 aromatic carbocycles. The quantitative estimate of drug-likeness (QED) is 0.903. The molecule has 1 aliphatic rings. The average Bonchev–Trinajstić information content (AvgIpc) is 2.84. The SMILES string of the molecule is CCN(CC)C(=O)[C@@]1(c2ccsc2)C[C@H]1CN.Cl. The van der Waals surface area contributed by atoms with Crippen LogP contribution in [0, 0.1) is 5.92 Å². The summed E-state index contributed by atoms with van der Waals surface area (Å²) in [6.45, 7) is 6.21. The first-order valence-electron chi connectivity index (χ1n) is 6.22. The second kappa shape index (κ2) is 6.04. The van der Waals surface area contributed by atoms with Gasteiger partial charge < -0.3 is 10.6 Å². The number of halogens is 1. The van der Waals surface area contributed by atoms with Crippen molar-refractivity contribution >= 4 is 29.7 Å². The zero-order valence-corrected chi connectivity index (χ0v) is 12.5. The van der Waals surface area contributed by atoms with E-state index in [2.05, 4.69) is 11.4 Å². The van der Waals surface area contributed by atoms with Crippen LogP contribution in [0.4, 0.5) is 0 Å². The molecule has 0 spiro atoms. The Labute approximate surface area is 119 Å². The van der Waals surface area contributed by atoms with Gasteiger partial charge in [0.05, 0.1) is 5.41 Å². The van der Waals surface area contributed by atoms with Crippen LogP contribution in [0.2, 0.25) is 0 Å². The molecule has 5 heteroatoms. The lowest BCUT2D eigenvalue weighted by Crippen LogP contribution is -2.40. The number of amides is 1. The minimum Gasteiger partial charge on any atom is -0.342 e. The molecule has 2 rings (SSSR count). The zero-order chi connectivity index (χ0) is 12.5. The normalized spacial score (nSPS) is 25.4. The highest BCUT2D eigenvalue weighted by Gasteiger charge is 2.61. The number of likely N-dealkylation sites (N-methyl/N-ethyl adjacent to an activating group) is 1. The molecule has 2 N–H and O–H groups in total. The van der Waals surface area contributed by atoms with E-state index in [-0.39, 0.29) is 23.7 Å². The monoisotopic (exact) mass is 288 g/mol. The van der Waals surface area contributed by atoms with E-state index in [1.165, 1.54) is 0 Å². The van der Waals surface area contributed by atoms with E-state index in [0.717, 1.165) is 25.1 Å². The highest BCUT2D eigenvalue weighted by molar-refractivity contribution is 7.08. The molecule has 2 atom stereocenters. The Morgan fingerprint density at radius 3 is 2.61 bits per heavy atom. The molecule has 1 aliphatic carbocycles. The molecule has 0 saturated heterocycles. The van der Waals surface area contributed by atoms with Crippen LogP contribution < -0.4 is 5.73 Å². The first-order chi connectivity index (χ1) is 8.20. The lowest BCUT2D eigenvalue weighted by Gasteiger charge is -2.25. The van der Waals surface area contributed by atoms with Gasteiger partial charge in [-0.3, -0.25) is 4.79 Å². The van der Waals surface area contributed by atoms with E-state index in [4.69, 9.17) is 5.73 Å². The van der Waals surface area contributed by atoms with Crippen LogP contribution in [0.5, 0.6) is 0 Å². The fourth-order valence-corrected chi connectivity index (χ4v) is 3.40. The van der Waals surface area contributed by atoms with E-state index < -0.39 is 0 Å². The topological polar surface area (TPSA) is 46.3 Å². The maximum Gasteiger partial charge on any atom is 0.233 e. The Balaban J connectivity index is 0.00000162. The van der Waals surface area contributed by atoms with Gasteiger partial charge in [0.1, 0.15) is 0 Å². The molecular weight excluding hydrogens is 268 g/mol. The molecule has 0 radical (unpaired) electrons. The van der Waals surface area contributed by atoms with Gasteiger partial charge in [-0.15, -0.1) is 12.4 Å². The first kappa shape index (κ1) is 15.5. The third kappa shape index (κ3) is 2.29. The highest BCUT2D eigenvalue weighted by atomic mass is 35.5. The van der Waals surface area contributed by atoms with Gasteiger partial charge in [0, 0.05) is 13.1 Å². The Kier molecular flexibility index (Phi) is 5.20. The van der Waals surface area contributed by atoms with Crippen molar-refractivity contribution in [2.75, 3.05) is 19.6 Å². The standard InChI is InChI=1S/C13H20N2OS.ClH/c1-3-15(4-2)12(16)13(7-11(13)8-14)10-5-6-17-9-10;/h5-6,9,11H,3-4,7-8,14H2,1-2H3;1H/t11-,13+;/m0./s1. The number of nitrogens with zero attached hydrogens (tertiary/aromatic N) is 1. The van der Waals surface area contributed by atoms with E-state index in [9.17, 15) is 4.79 Å². The van der Waals surface area contributed by atoms with Gasteiger partial charge in [0.15, 0.2) is 0 Å². The molecule has 0 bridgehead atoms. The smallest absolute Gasteiger partial charge is 0.233 e. The van der Waals surface area contributed by atoms with Crippen LogP contribution in [0.15, 0.2) is 16.8 Å². The molecule has 1 aromatic heterocycles. The summed E-state index contributed by atoms with van der Waals surface area (Å²) in [5, 5.41) is 4.13. The molecular formula is C13H21ClN2OS. The van der Waals surface area contributed by atoms with E-state index in [1.54, 1.807) is 11.3 Å². The lowest BCUT2D eigenvalue weighted by atomic mass is 9.94. The van der Waals surface area contributed by atoms with Crippen molar-refractivity contribution in [2.45, 2.75) is 25.7 Å². The van der Waals surface area contributed by atoms with Crippen molar-refractivity contribution in [3.05, 3.63) is 22.4 Å². The van der Waals surface area contributed by atoms with Crippen molar-refractivity contribution in [1.29, 1.82) is 0 Å². The van der Waals surface area contributed by atoms with Crippen LogP contribution in [0.1, 0.15) is 25.8 Å². The molecule has 102 valence electrons. The molecule has 18 heavy (non-hydrogen) atoms. The maximum absolute atomic E-state index is 12.6. The number of carbonyl (C=O) groups excluding carboxylic acids is 1. The minimum atomic E-state index is -0.305. The summed E-state index contributed by atoms with van der Waals surface area (Å²) >= 11 is 1.65. The summed E-state index contributed by atoms with van der Waals surface area (Å²) in [7, 11) is 0. The van der Waals surface area contributed by atoms with Crippen molar-refractivity contribution in [3.63, 3.8) is 0 Å². The summed E-state index contributed by atoms with van der Waals surface area (Å²) in [6.07, 6.45) is 0.912. The molecule has 3 nitrogen and oxygen atoms in total. The highest BCUT2D eigenvalue weighted by Crippen LogP contribution is 2.55. The Morgan fingerprint density at radius 1 is 1.56 bits per heavy atom. The number of hydrogen-bond acceptors (Lipinski definition) is 3. The van der Waals surface area contributed by atoms with Crippen LogP contribution in [-0.4, -0.2) is 30.4 Å². The molecule has 1 amide bonds. The fraction of sp³-hybridized carbons (Fsp3) is 0.615. The van der Waals surface area contributed by atoms with Gasteiger partial charge in [-0.25, -0.2) is 0 Å². The third-order valence-electron chi connectivity index (χ3n) is 3.86. The fourth-order valence-electron chi connectivity index (χ4n) is 2.66. The van der Waals surface area contributed by atoms with Gasteiger partial charge in [0.2, 0.25) is 5.91 Å². The van der Waals surface area contributed by atoms with Gasteiger partial charge in [-0.2, -0.15) is 11.3 Å². The van der Waals surface area contributed by atoms with Crippen molar-refractivity contribution in [1.82, 2.24) is 4.90 Å². The van der Waals surface area contributed by atoms with E-state index in [0.29, 0.717) is 12.5 Å². The average molecular weight is 289 g/mol. The molecule has 1 fully saturated rings. The largest absolute Gasteiger partial charge is 0.342 e. The zero-order valence-electron chi connectivity index (χ0n) is 10.9. The van der Waals surface area contributed by atoms with Gasteiger partial charge in [-0.1, -0.05) is 0 Å². The summed E-state index contributed by atoms with van der Waals surface area (Å²) in [5.41, 5.74) is 6.63. The Bertz CT molecular complexity index is 392. The summed E-state index contributed by atoms with van der Waals surface area (Å²) in [4.78, 5) is 14.6. The van der Waals surface area contributed by atoms with Crippen molar-refractivity contribution in [2.24, 2.45) is 11.7 Å². The molecule has 1 aromatic rings. The van der Waals surface area contributed by atoms with Crippen LogP contribution in [-0.2, 0) is 10.2 Å². The number of hydrogen-bond donors (Lipinski definition) is 1. The molecule has 1 heterocycles. The van der Waals surface area contributed by atoms with Crippen molar-refractivity contribution < 1.29 is 4.79 Å². The lowest BCUT2D eigenvalue weighted by molar-refractivity contribution is -0.134. The van der Waals surface area contributed by atoms with Crippen LogP contribution in [0.3, 0.4) is 0 Å². The molecule has 0 unspecified atom stereocenters. The van der Waals surface area contributed by atoms with Gasteiger partial charge in [-0.05, 0) is 55.1 Å². The number of rotatable bonds is 5. The molecule has 1 saturated carbocycles. The summed E-state index contributed by atoms with van der Waals surface area (Å²) in [6, 6.07) is 2.07. The van der Waals surface area contributed by atoms with Gasteiger partial charge in [0.25, 0.3) is 0 Å².